The van der Waals surface area contributed by atoms with Crippen molar-refractivity contribution >= 4 is 11.9 Å². The smallest absolute Gasteiger partial charge is 0.309 e. The van der Waals surface area contributed by atoms with Crippen LogP contribution in [0.5, 0.6) is 0 Å². The van der Waals surface area contributed by atoms with Gasteiger partial charge in [-0.1, -0.05) is 23.8 Å². The minimum absolute atomic E-state index is 0.161. The van der Waals surface area contributed by atoms with Crippen LogP contribution in [0.25, 0.3) is 0 Å². The number of carboxylic acid groups (broad SMARTS) is 1. The average Bonchev–Trinajstić information content (AvgIpc) is 3.08. The molecule has 0 aliphatic carbocycles. The third-order valence-corrected chi connectivity index (χ3v) is 5.66. The summed E-state index contributed by atoms with van der Waals surface area (Å²) in [5.74, 6) is -0.735. The van der Waals surface area contributed by atoms with E-state index in [1.54, 1.807) is 0 Å². The van der Waals surface area contributed by atoms with Crippen LogP contribution in [0.2, 0.25) is 0 Å². The molecule has 1 aromatic carbocycles. The van der Waals surface area contributed by atoms with Crippen LogP contribution in [-0.2, 0) is 20.7 Å². The van der Waals surface area contributed by atoms with Gasteiger partial charge in [-0.25, -0.2) is 0 Å². The zero-order valence-electron chi connectivity index (χ0n) is 15.0. The number of carbonyl (C=O) groups is 2. The molecule has 2 atom stereocenters. The van der Waals surface area contributed by atoms with E-state index in [0.29, 0.717) is 32.5 Å². The molecular weight excluding hydrogens is 318 g/mol. The molecule has 136 valence electrons. The van der Waals surface area contributed by atoms with Crippen LogP contribution in [-0.4, -0.2) is 47.7 Å². The molecule has 0 aromatic heterocycles. The molecular formula is C20H27NO4. The lowest BCUT2D eigenvalue weighted by molar-refractivity contribution is -0.145. The molecule has 0 radical (unpaired) electrons. The van der Waals surface area contributed by atoms with E-state index in [9.17, 15) is 14.7 Å². The van der Waals surface area contributed by atoms with Gasteiger partial charge in [0.25, 0.3) is 0 Å². The number of aliphatic carboxylic acids is 1. The van der Waals surface area contributed by atoms with Gasteiger partial charge in [0.1, 0.15) is 0 Å². The van der Waals surface area contributed by atoms with E-state index in [2.05, 4.69) is 18.2 Å². The Morgan fingerprint density at radius 3 is 2.60 bits per heavy atom. The third kappa shape index (κ3) is 4.03. The summed E-state index contributed by atoms with van der Waals surface area (Å²) in [5.41, 5.74) is 3.42. The molecule has 0 spiro atoms. The largest absolute Gasteiger partial charge is 0.481 e. The van der Waals surface area contributed by atoms with Crippen molar-refractivity contribution in [3.8, 4) is 0 Å². The van der Waals surface area contributed by atoms with Crippen LogP contribution >= 0.6 is 0 Å². The van der Waals surface area contributed by atoms with Gasteiger partial charge in [0.05, 0.1) is 18.4 Å². The first-order valence-corrected chi connectivity index (χ1v) is 9.14. The van der Waals surface area contributed by atoms with E-state index in [-0.39, 0.29) is 23.8 Å². The molecule has 0 saturated carbocycles. The van der Waals surface area contributed by atoms with Crippen molar-refractivity contribution in [2.24, 2.45) is 11.8 Å². The summed E-state index contributed by atoms with van der Waals surface area (Å²) in [6.07, 6.45) is 2.51. The first-order chi connectivity index (χ1) is 12.0. The number of ether oxygens (including phenoxy) is 1. The molecule has 5 nitrogen and oxygen atoms in total. The van der Waals surface area contributed by atoms with Crippen LogP contribution in [0.3, 0.4) is 0 Å². The second-order valence-corrected chi connectivity index (χ2v) is 7.39. The molecule has 2 aliphatic rings. The number of nitrogens with zero attached hydrogens (tertiary/aromatic N) is 1. The van der Waals surface area contributed by atoms with Crippen LogP contribution in [0.4, 0.5) is 0 Å². The van der Waals surface area contributed by atoms with Crippen molar-refractivity contribution < 1.29 is 19.4 Å². The molecule has 1 aromatic rings. The summed E-state index contributed by atoms with van der Waals surface area (Å²) in [4.78, 5) is 25.9. The van der Waals surface area contributed by atoms with Gasteiger partial charge >= 0.3 is 5.97 Å². The Labute approximate surface area is 149 Å². The second kappa shape index (κ2) is 7.56. The highest BCUT2D eigenvalue weighted by atomic mass is 16.5. The maximum atomic E-state index is 12.6. The highest BCUT2D eigenvalue weighted by Gasteiger charge is 2.40. The van der Waals surface area contributed by atoms with Crippen molar-refractivity contribution in [2.45, 2.75) is 45.6 Å². The highest BCUT2D eigenvalue weighted by Crippen LogP contribution is 2.33. The van der Waals surface area contributed by atoms with E-state index in [4.69, 9.17) is 4.74 Å². The molecule has 5 heteroatoms. The Bertz CT molecular complexity index is 649. The zero-order chi connectivity index (χ0) is 18.0. The van der Waals surface area contributed by atoms with Crippen LogP contribution in [0, 0.1) is 25.7 Å². The Balaban J connectivity index is 1.56. The summed E-state index contributed by atoms with van der Waals surface area (Å²) < 4.78 is 5.70. The van der Waals surface area contributed by atoms with E-state index in [1.165, 1.54) is 5.56 Å². The average molecular weight is 345 g/mol. The lowest BCUT2D eigenvalue weighted by atomic mass is 9.84. The normalized spacial score (nSPS) is 24.5. The maximum Gasteiger partial charge on any atom is 0.309 e. The number of benzene rings is 1. The highest BCUT2D eigenvalue weighted by molar-refractivity contribution is 5.79. The van der Waals surface area contributed by atoms with E-state index >= 15 is 0 Å². The Hall–Kier alpha value is -1.88. The van der Waals surface area contributed by atoms with E-state index in [0.717, 1.165) is 24.0 Å². The third-order valence-electron chi connectivity index (χ3n) is 5.66. The van der Waals surface area contributed by atoms with Gasteiger partial charge < -0.3 is 14.7 Å². The predicted molar refractivity (Wildman–Crippen MR) is 94.4 cm³/mol. The van der Waals surface area contributed by atoms with Crippen LogP contribution in [0.1, 0.15) is 36.0 Å². The number of aryl methyl sites for hydroxylation is 2. The van der Waals surface area contributed by atoms with Crippen molar-refractivity contribution in [3.63, 3.8) is 0 Å². The summed E-state index contributed by atoms with van der Waals surface area (Å²) in [6, 6.07) is 6.22. The predicted octanol–water partition coefficient (Wildman–Crippen LogP) is 2.57. The number of hydrogen-bond donors (Lipinski definition) is 1. The van der Waals surface area contributed by atoms with Crippen molar-refractivity contribution in [2.75, 3.05) is 19.7 Å². The number of piperidine rings is 1. The Kier molecular flexibility index (Phi) is 5.42. The summed E-state index contributed by atoms with van der Waals surface area (Å²) in [6.45, 7) is 6.01. The number of carbonyl (C=O) groups excluding carboxylic acids is 1. The minimum Gasteiger partial charge on any atom is -0.481 e. The summed E-state index contributed by atoms with van der Waals surface area (Å²) in [7, 11) is 0. The van der Waals surface area contributed by atoms with Crippen LogP contribution < -0.4 is 0 Å². The number of likely N-dealkylation sites (tertiary alicyclic amines) is 1. The van der Waals surface area contributed by atoms with Crippen molar-refractivity contribution in [3.05, 3.63) is 34.9 Å². The SMILES string of the molecule is Cc1ccc(C)c(CC(=O)N2CCC([C@@H]3OCCC3C(=O)O)CC2)c1. The topological polar surface area (TPSA) is 66.8 Å². The fourth-order valence-electron chi connectivity index (χ4n) is 4.08. The van der Waals surface area contributed by atoms with Gasteiger partial charge in [0.2, 0.25) is 5.91 Å². The van der Waals surface area contributed by atoms with E-state index < -0.39 is 5.97 Å². The second-order valence-electron chi connectivity index (χ2n) is 7.39. The number of rotatable bonds is 4. The van der Waals surface area contributed by atoms with Gasteiger partial charge in [-0.2, -0.15) is 0 Å². The lowest BCUT2D eigenvalue weighted by Gasteiger charge is -2.35. The maximum absolute atomic E-state index is 12.6. The van der Waals surface area contributed by atoms with E-state index in [1.807, 2.05) is 18.7 Å². The number of amides is 1. The first-order valence-electron chi connectivity index (χ1n) is 9.14. The summed E-state index contributed by atoms with van der Waals surface area (Å²) in [5, 5.41) is 9.32. The molecule has 2 fully saturated rings. The standard InChI is InChI=1S/C20H27NO4/c1-13-3-4-14(2)16(11-13)12-18(22)21-8-5-15(6-9-21)19-17(20(23)24)7-10-25-19/h3-4,11,15,17,19H,5-10,12H2,1-2H3,(H,23,24)/t17?,19-/m0/s1. The van der Waals surface area contributed by atoms with Gasteiger partial charge in [0.15, 0.2) is 0 Å². The zero-order valence-corrected chi connectivity index (χ0v) is 15.0. The molecule has 1 amide bonds. The number of hydrogen-bond acceptors (Lipinski definition) is 3. The molecule has 25 heavy (non-hydrogen) atoms. The Morgan fingerprint density at radius 2 is 1.92 bits per heavy atom. The fraction of sp³-hybridized carbons (Fsp3) is 0.600. The van der Waals surface area contributed by atoms with Gasteiger partial charge in [0, 0.05) is 19.7 Å². The summed E-state index contributed by atoms with van der Waals surface area (Å²) >= 11 is 0. The molecule has 1 N–H and O–H groups in total. The van der Waals surface area contributed by atoms with Gasteiger partial charge in [-0.3, -0.25) is 9.59 Å². The molecule has 2 saturated heterocycles. The fourth-order valence-corrected chi connectivity index (χ4v) is 4.08. The van der Waals surface area contributed by atoms with Crippen molar-refractivity contribution in [1.29, 1.82) is 0 Å². The monoisotopic (exact) mass is 345 g/mol. The minimum atomic E-state index is -0.754. The molecule has 3 rings (SSSR count). The van der Waals surface area contributed by atoms with Crippen LogP contribution in [0.15, 0.2) is 18.2 Å². The quantitative estimate of drug-likeness (QED) is 0.911. The molecule has 1 unspecified atom stereocenters. The first kappa shape index (κ1) is 17.9. The Morgan fingerprint density at radius 1 is 1.20 bits per heavy atom. The lowest BCUT2D eigenvalue weighted by Crippen LogP contribution is -2.43. The van der Waals surface area contributed by atoms with Gasteiger partial charge in [-0.15, -0.1) is 0 Å². The van der Waals surface area contributed by atoms with Gasteiger partial charge in [-0.05, 0) is 50.2 Å². The molecule has 0 bridgehead atoms. The number of carboxylic acids is 1. The van der Waals surface area contributed by atoms with Crippen molar-refractivity contribution in [1.82, 2.24) is 4.90 Å². The molecule has 2 aliphatic heterocycles. The molecule has 2 heterocycles.